The van der Waals surface area contributed by atoms with Gasteiger partial charge in [0.1, 0.15) is 17.1 Å². The maximum absolute atomic E-state index is 4.66. The molecular formula is C21H22N8. The van der Waals surface area contributed by atoms with Gasteiger partial charge < -0.3 is 0 Å². The van der Waals surface area contributed by atoms with E-state index in [4.69, 9.17) is 0 Å². The van der Waals surface area contributed by atoms with Gasteiger partial charge in [-0.3, -0.25) is 14.7 Å². The Morgan fingerprint density at radius 2 is 2.14 bits per heavy atom. The molecule has 29 heavy (non-hydrogen) atoms. The molecule has 1 N–H and O–H groups in total. The van der Waals surface area contributed by atoms with Crippen LogP contribution in [0, 0.1) is 12.8 Å². The van der Waals surface area contributed by atoms with E-state index in [9.17, 15) is 0 Å². The Morgan fingerprint density at radius 1 is 1.21 bits per heavy atom. The van der Waals surface area contributed by atoms with Crippen molar-refractivity contribution < 1.29 is 0 Å². The smallest absolute Gasteiger partial charge is 0.134 e. The van der Waals surface area contributed by atoms with Gasteiger partial charge in [-0.05, 0) is 50.8 Å². The number of benzene rings is 1. The molecule has 0 amide bonds. The summed E-state index contributed by atoms with van der Waals surface area (Å²) in [6, 6.07) is 7.51. The molecule has 2 saturated carbocycles. The summed E-state index contributed by atoms with van der Waals surface area (Å²) < 4.78 is 3.93. The summed E-state index contributed by atoms with van der Waals surface area (Å²) in [5, 5.41) is 22.0. The number of aromatic nitrogens is 7. The Morgan fingerprint density at radius 3 is 3.03 bits per heavy atom. The molecule has 8 heteroatoms. The monoisotopic (exact) mass is 386 g/mol. The van der Waals surface area contributed by atoms with E-state index in [1.807, 2.05) is 12.4 Å². The molecule has 5 unspecified atom stereocenters. The van der Waals surface area contributed by atoms with Crippen molar-refractivity contribution in [3.63, 3.8) is 0 Å². The minimum Gasteiger partial charge on any atom is -0.294 e. The summed E-state index contributed by atoms with van der Waals surface area (Å²) in [5.74, 6) is 0.860. The number of likely N-dealkylation sites (tertiary alicyclic amines) is 1. The molecule has 4 aromatic rings. The maximum Gasteiger partial charge on any atom is 0.134 e. The van der Waals surface area contributed by atoms with Crippen molar-refractivity contribution in [2.75, 3.05) is 7.05 Å². The van der Waals surface area contributed by atoms with E-state index in [2.05, 4.69) is 73.6 Å². The molecule has 3 fully saturated rings. The number of hydrogen-bond donors (Lipinski definition) is 1. The molecule has 1 saturated heterocycles. The van der Waals surface area contributed by atoms with Crippen LogP contribution in [0.5, 0.6) is 0 Å². The highest BCUT2D eigenvalue weighted by Gasteiger charge is 2.77. The number of H-pyrrole nitrogens is 1. The van der Waals surface area contributed by atoms with E-state index in [0.29, 0.717) is 11.6 Å². The van der Waals surface area contributed by atoms with Gasteiger partial charge in [0.2, 0.25) is 0 Å². The zero-order chi connectivity index (χ0) is 19.3. The third kappa shape index (κ3) is 2.07. The Hall–Kier alpha value is -3.00. The molecule has 7 rings (SSSR count). The summed E-state index contributed by atoms with van der Waals surface area (Å²) in [5.41, 5.74) is 5.32. The number of aromatic amines is 1. The standard InChI is InChI=1S/C21H22N8/c1-12-3-4-16-17(5-12)23-25-20(16)18-11-29(26-24-18)15-9-22-28(10-15)14-6-13-8-21(13)19(7-14)27(21)2/h3-5,9-11,13-14,19H,6-8H2,1-2H3,(H,23,25). The molecule has 4 heterocycles. The number of likely N-dealkylation sites (N-methyl/N-ethyl adjacent to an activating group) is 1. The van der Waals surface area contributed by atoms with Crippen molar-refractivity contribution in [3.8, 4) is 17.1 Å². The highest BCUT2D eigenvalue weighted by Crippen LogP contribution is 2.70. The molecule has 3 aromatic heterocycles. The highest BCUT2D eigenvalue weighted by molar-refractivity contribution is 5.92. The highest BCUT2D eigenvalue weighted by atomic mass is 15.5. The van der Waals surface area contributed by atoms with Crippen LogP contribution in [0.4, 0.5) is 0 Å². The van der Waals surface area contributed by atoms with E-state index < -0.39 is 0 Å². The molecule has 146 valence electrons. The number of aryl methyl sites for hydroxylation is 1. The van der Waals surface area contributed by atoms with E-state index in [1.165, 1.54) is 24.8 Å². The van der Waals surface area contributed by atoms with E-state index in [0.717, 1.165) is 39.9 Å². The second-order valence-electron chi connectivity index (χ2n) is 8.99. The van der Waals surface area contributed by atoms with Crippen LogP contribution in [0.3, 0.4) is 0 Å². The minimum atomic E-state index is 0.487. The van der Waals surface area contributed by atoms with Gasteiger partial charge in [-0.25, -0.2) is 4.68 Å². The lowest BCUT2D eigenvalue weighted by Gasteiger charge is -2.19. The van der Waals surface area contributed by atoms with Crippen molar-refractivity contribution >= 4 is 10.9 Å². The molecule has 1 aliphatic heterocycles. The van der Waals surface area contributed by atoms with Gasteiger partial charge in [0, 0.05) is 17.0 Å². The average molecular weight is 386 g/mol. The quantitative estimate of drug-likeness (QED) is 0.548. The molecule has 2 aliphatic carbocycles. The zero-order valence-corrected chi connectivity index (χ0v) is 16.4. The first-order valence-electron chi connectivity index (χ1n) is 10.3. The van der Waals surface area contributed by atoms with Crippen molar-refractivity contribution in [3.05, 3.63) is 42.4 Å². The maximum atomic E-state index is 4.66. The van der Waals surface area contributed by atoms with Crippen LogP contribution in [0.25, 0.3) is 28.0 Å². The fourth-order valence-electron chi connectivity index (χ4n) is 5.76. The largest absolute Gasteiger partial charge is 0.294 e. The van der Waals surface area contributed by atoms with Crippen LogP contribution in [-0.4, -0.2) is 58.5 Å². The molecule has 5 atom stereocenters. The van der Waals surface area contributed by atoms with Gasteiger partial charge in [0.05, 0.1) is 30.1 Å². The van der Waals surface area contributed by atoms with Gasteiger partial charge in [0.15, 0.2) is 0 Å². The van der Waals surface area contributed by atoms with E-state index in [1.54, 1.807) is 4.68 Å². The molecule has 0 bridgehead atoms. The number of rotatable bonds is 3. The SMILES string of the molecule is Cc1ccc2c(-c3cn(-c4cnn(C5CC6CC67C(C5)N7C)c4)nn3)n[nH]c2c1. The predicted molar refractivity (Wildman–Crippen MR) is 108 cm³/mol. The van der Waals surface area contributed by atoms with Crippen LogP contribution < -0.4 is 0 Å². The van der Waals surface area contributed by atoms with Gasteiger partial charge in [-0.2, -0.15) is 10.2 Å². The second kappa shape index (κ2) is 5.13. The number of nitrogens with one attached hydrogen (secondary N) is 1. The molecule has 8 nitrogen and oxygen atoms in total. The summed E-state index contributed by atoms with van der Waals surface area (Å²) in [6.45, 7) is 2.07. The van der Waals surface area contributed by atoms with Crippen molar-refractivity contribution in [1.82, 2.24) is 39.9 Å². The predicted octanol–water partition coefficient (Wildman–Crippen LogP) is 2.72. The van der Waals surface area contributed by atoms with Crippen molar-refractivity contribution in [2.45, 2.75) is 43.8 Å². The lowest BCUT2D eigenvalue weighted by Crippen LogP contribution is -2.19. The van der Waals surface area contributed by atoms with E-state index >= 15 is 0 Å². The Labute approximate surface area is 167 Å². The van der Waals surface area contributed by atoms with Crippen LogP contribution in [0.2, 0.25) is 0 Å². The molecule has 1 spiro atoms. The Kier molecular flexibility index (Phi) is 2.81. The van der Waals surface area contributed by atoms with Gasteiger partial charge in [0.25, 0.3) is 0 Å². The Balaban J connectivity index is 1.17. The van der Waals surface area contributed by atoms with Crippen molar-refractivity contribution in [1.29, 1.82) is 0 Å². The number of fused-ring (bicyclic) bond motifs is 1. The van der Waals surface area contributed by atoms with Crippen LogP contribution >= 0.6 is 0 Å². The fraction of sp³-hybridized carbons (Fsp3) is 0.429. The third-order valence-corrected chi connectivity index (χ3v) is 7.49. The normalized spacial score (nSPS) is 32.2. The lowest BCUT2D eigenvalue weighted by molar-refractivity contribution is 0.349. The summed E-state index contributed by atoms with van der Waals surface area (Å²) in [4.78, 5) is 2.57. The Bertz CT molecular complexity index is 1260. The molecular weight excluding hydrogens is 364 g/mol. The van der Waals surface area contributed by atoms with Crippen LogP contribution in [-0.2, 0) is 0 Å². The summed E-state index contributed by atoms with van der Waals surface area (Å²) in [6.07, 6.45) is 9.74. The van der Waals surface area contributed by atoms with Gasteiger partial charge in [-0.15, -0.1) is 5.10 Å². The molecule has 1 aromatic carbocycles. The number of hydrogen-bond acceptors (Lipinski definition) is 5. The van der Waals surface area contributed by atoms with Crippen LogP contribution in [0.1, 0.15) is 30.9 Å². The summed E-state index contributed by atoms with van der Waals surface area (Å²) in [7, 11) is 2.28. The first-order valence-corrected chi connectivity index (χ1v) is 10.3. The van der Waals surface area contributed by atoms with Crippen LogP contribution in [0.15, 0.2) is 36.8 Å². The topological polar surface area (TPSA) is 80.2 Å². The second-order valence-corrected chi connectivity index (χ2v) is 8.99. The third-order valence-electron chi connectivity index (χ3n) is 7.49. The van der Waals surface area contributed by atoms with Gasteiger partial charge in [-0.1, -0.05) is 17.3 Å². The molecule has 0 radical (unpaired) electrons. The van der Waals surface area contributed by atoms with Crippen molar-refractivity contribution in [2.24, 2.45) is 5.92 Å². The van der Waals surface area contributed by atoms with E-state index in [-0.39, 0.29) is 0 Å². The lowest BCUT2D eigenvalue weighted by atomic mass is 9.96. The zero-order valence-electron chi connectivity index (χ0n) is 16.4. The van der Waals surface area contributed by atoms with Gasteiger partial charge >= 0.3 is 0 Å². The molecule has 3 aliphatic rings. The average Bonchev–Trinajstić information content (AvgIpc) is 3.24. The number of nitrogens with zero attached hydrogens (tertiary/aromatic N) is 7. The first-order chi connectivity index (χ1) is 14.1. The summed E-state index contributed by atoms with van der Waals surface area (Å²) >= 11 is 0. The fourth-order valence-corrected chi connectivity index (χ4v) is 5.76. The first kappa shape index (κ1) is 15.9. The minimum absolute atomic E-state index is 0.487.